The average Bonchev–Trinajstić information content (AvgIpc) is 3.34. The number of anilines is 2. The number of rotatable bonds is 6. The van der Waals surface area contributed by atoms with Crippen LogP contribution in [0.4, 0.5) is 11.9 Å². The summed E-state index contributed by atoms with van der Waals surface area (Å²) in [7, 11) is 1.60. The van der Waals surface area contributed by atoms with Gasteiger partial charge < -0.3 is 15.8 Å². The highest BCUT2D eigenvalue weighted by molar-refractivity contribution is 6.23. The van der Waals surface area contributed by atoms with Gasteiger partial charge in [-0.3, -0.25) is 4.79 Å². The maximum Gasteiger partial charge on any atom is 0.280 e. The van der Waals surface area contributed by atoms with Gasteiger partial charge in [-0.2, -0.15) is 14.8 Å². The second-order valence-corrected chi connectivity index (χ2v) is 8.67. The van der Waals surface area contributed by atoms with E-state index in [9.17, 15) is 4.79 Å². The van der Waals surface area contributed by atoms with E-state index >= 15 is 0 Å². The Kier molecular flexibility index (Phi) is 5.85. The van der Waals surface area contributed by atoms with E-state index in [0.29, 0.717) is 29.0 Å². The lowest BCUT2D eigenvalue weighted by atomic mass is 9.92. The Balaban J connectivity index is 1.56. The van der Waals surface area contributed by atoms with Gasteiger partial charge in [0.2, 0.25) is 11.9 Å². The topological polar surface area (TPSA) is 121 Å². The molecule has 9 heteroatoms. The standard InChI is InChI=1S/C29H23N7O2/c1-38-21-14-12-19(13-15-21)24-22(33-29-32-17-31-28(30)34-29)16-23-25(18-8-4-2-5-9-18)26(35-36(23)27(24)37)20-10-6-3-7-11-20/h2-15,17H,16H2,1H3,(H3,30,31,32,33,34). The Bertz CT molecular complexity index is 1660. The van der Waals surface area contributed by atoms with E-state index in [1.54, 1.807) is 7.11 Å². The van der Waals surface area contributed by atoms with Gasteiger partial charge in [0.15, 0.2) is 0 Å². The van der Waals surface area contributed by atoms with Crippen LogP contribution in [0, 0.1) is 0 Å². The van der Waals surface area contributed by atoms with E-state index in [4.69, 9.17) is 15.6 Å². The summed E-state index contributed by atoms with van der Waals surface area (Å²) in [5.74, 6) is 0.761. The number of nitrogen functional groups attached to an aromatic ring is 1. The number of ether oxygens (including phenoxy) is 1. The lowest BCUT2D eigenvalue weighted by Gasteiger charge is -2.22. The van der Waals surface area contributed by atoms with Crippen molar-refractivity contribution in [3.8, 4) is 28.1 Å². The van der Waals surface area contributed by atoms with Gasteiger partial charge in [-0.15, -0.1) is 0 Å². The number of aromatic nitrogens is 5. The first-order chi connectivity index (χ1) is 18.6. The van der Waals surface area contributed by atoms with Gasteiger partial charge in [0, 0.05) is 23.2 Å². The van der Waals surface area contributed by atoms with E-state index in [1.165, 1.54) is 11.0 Å². The number of carbonyl (C=O) groups is 1. The molecule has 3 heterocycles. The minimum atomic E-state index is -0.264. The molecule has 0 spiro atoms. The molecule has 2 aromatic heterocycles. The van der Waals surface area contributed by atoms with Crippen LogP contribution in [0.2, 0.25) is 0 Å². The Morgan fingerprint density at radius 3 is 2.21 bits per heavy atom. The fourth-order valence-electron chi connectivity index (χ4n) is 4.65. The van der Waals surface area contributed by atoms with Crippen molar-refractivity contribution in [2.24, 2.45) is 0 Å². The summed E-state index contributed by atoms with van der Waals surface area (Å²) in [5.41, 5.74) is 11.9. The van der Waals surface area contributed by atoms with Crippen LogP contribution in [0.3, 0.4) is 0 Å². The first-order valence-corrected chi connectivity index (χ1v) is 12.0. The first kappa shape index (κ1) is 23.1. The van der Waals surface area contributed by atoms with Crippen LogP contribution in [0.1, 0.15) is 16.1 Å². The lowest BCUT2D eigenvalue weighted by molar-refractivity contribution is 0.0958. The molecule has 5 aromatic rings. The summed E-state index contributed by atoms with van der Waals surface area (Å²) >= 11 is 0. The Hall–Kier alpha value is -5.31. The number of fused-ring (bicyclic) bond motifs is 1. The molecule has 0 amide bonds. The summed E-state index contributed by atoms with van der Waals surface area (Å²) in [6.45, 7) is 0. The molecule has 3 N–H and O–H groups in total. The molecule has 0 radical (unpaired) electrons. The monoisotopic (exact) mass is 501 g/mol. The smallest absolute Gasteiger partial charge is 0.280 e. The molecule has 6 rings (SSSR count). The molecule has 38 heavy (non-hydrogen) atoms. The van der Waals surface area contributed by atoms with Gasteiger partial charge >= 0.3 is 0 Å². The minimum absolute atomic E-state index is 0.0811. The highest BCUT2D eigenvalue weighted by Crippen LogP contribution is 2.40. The van der Waals surface area contributed by atoms with Crippen molar-refractivity contribution in [1.29, 1.82) is 0 Å². The van der Waals surface area contributed by atoms with E-state index < -0.39 is 0 Å². The Labute approximate surface area is 218 Å². The molecular weight excluding hydrogens is 478 g/mol. The van der Waals surface area contributed by atoms with Gasteiger partial charge in [-0.1, -0.05) is 72.8 Å². The fourth-order valence-corrected chi connectivity index (χ4v) is 4.65. The van der Waals surface area contributed by atoms with Crippen LogP contribution in [-0.4, -0.2) is 37.7 Å². The number of benzene rings is 3. The number of hydrogen-bond donors (Lipinski definition) is 2. The quantitative estimate of drug-likeness (QED) is 0.343. The normalized spacial score (nSPS) is 12.8. The van der Waals surface area contributed by atoms with Gasteiger partial charge in [-0.05, 0) is 23.3 Å². The molecule has 9 nitrogen and oxygen atoms in total. The van der Waals surface area contributed by atoms with Gasteiger partial charge in [0.1, 0.15) is 17.8 Å². The maximum absolute atomic E-state index is 14.2. The van der Waals surface area contributed by atoms with Crippen LogP contribution < -0.4 is 15.8 Å². The predicted molar refractivity (Wildman–Crippen MR) is 145 cm³/mol. The van der Waals surface area contributed by atoms with Crippen LogP contribution in [-0.2, 0) is 6.42 Å². The van der Waals surface area contributed by atoms with E-state index in [-0.39, 0.29) is 17.8 Å². The third-order valence-electron chi connectivity index (χ3n) is 6.37. The molecule has 3 aromatic carbocycles. The van der Waals surface area contributed by atoms with E-state index in [0.717, 1.165) is 28.1 Å². The van der Waals surface area contributed by atoms with Crippen molar-refractivity contribution in [1.82, 2.24) is 24.7 Å². The lowest BCUT2D eigenvalue weighted by Crippen LogP contribution is -2.27. The second kappa shape index (κ2) is 9.62. The van der Waals surface area contributed by atoms with Crippen LogP contribution in [0.15, 0.2) is 97.0 Å². The number of allylic oxidation sites excluding steroid dienone is 2. The minimum Gasteiger partial charge on any atom is -0.497 e. The Morgan fingerprint density at radius 1 is 0.868 bits per heavy atom. The molecule has 0 saturated heterocycles. The molecule has 186 valence electrons. The molecule has 0 atom stereocenters. The van der Waals surface area contributed by atoms with Gasteiger partial charge in [0.05, 0.1) is 18.4 Å². The zero-order valence-electron chi connectivity index (χ0n) is 20.5. The number of nitrogens with zero attached hydrogens (tertiary/aromatic N) is 5. The largest absolute Gasteiger partial charge is 0.497 e. The van der Waals surface area contributed by atoms with Gasteiger partial charge in [0.25, 0.3) is 5.91 Å². The molecule has 1 aliphatic heterocycles. The predicted octanol–water partition coefficient (Wildman–Crippen LogP) is 4.71. The molecule has 0 bridgehead atoms. The number of methoxy groups -OCH3 is 1. The van der Waals surface area contributed by atoms with Crippen molar-refractivity contribution in [2.45, 2.75) is 6.42 Å². The summed E-state index contributed by atoms with van der Waals surface area (Å²) in [4.78, 5) is 26.4. The number of carbonyl (C=O) groups excluding carboxylic acids is 1. The molecule has 0 saturated carbocycles. The number of nitrogens with one attached hydrogen (secondary N) is 1. The second-order valence-electron chi connectivity index (χ2n) is 8.67. The number of nitrogens with two attached hydrogens (primary N) is 1. The van der Waals surface area contributed by atoms with Crippen LogP contribution in [0.5, 0.6) is 5.75 Å². The van der Waals surface area contributed by atoms with Crippen LogP contribution in [0.25, 0.3) is 28.0 Å². The third-order valence-corrected chi connectivity index (χ3v) is 6.37. The number of hydrogen-bond acceptors (Lipinski definition) is 8. The van der Waals surface area contributed by atoms with Gasteiger partial charge in [-0.25, -0.2) is 9.97 Å². The van der Waals surface area contributed by atoms with Crippen molar-refractivity contribution in [3.05, 3.63) is 108 Å². The molecule has 0 unspecified atom stereocenters. The summed E-state index contributed by atoms with van der Waals surface area (Å²) in [5, 5.41) is 8.10. The maximum atomic E-state index is 14.2. The first-order valence-electron chi connectivity index (χ1n) is 12.0. The fraction of sp³-hybridized carbons (Fsp3) is 0.0690. The highest BCUT2D eigenvalue weighted by atomic mass is 16.5. The summed E-state index contributed by atoms with van der Waals surface area (Å²) in [6, 6.07) is 27.2. The summed E-state index contributed by atoms with van der Waals surface area (Å²) in [6.07, 6.45) is 1.71. The molecule has 1 aliphatic rings. The van der Waals surface area contributed by atoms with Crippen LogP contribution >= 0.6 is 0 Å². The van der Waals surface area contributed by atoms with Crippen molar-refractivity contribution in [2.75, 3.05) is 18.2 Å². The zero-order chi connectivity index (χ0) is 26.1. The molecule has 0 fully saturated rings. The van der Waals surface area contributed by atoms with Crippen molar-refractivity contribution >= 4 is 23.4 Å². The van der Waals surface area contributed by atoms with E-state index in [2.05, 4.69) is 20.3 Å². The molecular formula is C29H23N7O2. The Morgan fingerprint density at radius 2 is 1.55 bits per heavy atom. The average molecular weight is 502 g/mol. The zero-order valence-corrected chi connectivity index (χ0v) is 20.5. The SMILES string of the molecule is COc1ccc(C2=C(Nc3ncnc(N)n3)Cc3c(-c4ccccc4)c(-c4ccccc4)nn3C2=O)cc1. The highest BCUT2D eigenvalue weighted by Gasteiger charge is 2.33. The van der Waals surface area contributed by atoms with Crippen molar-refractivity contribution in [3.63, 3.8) is 0 Å². The third kappa shape index (κ3) is 4.16. The molecule has 0 aliphatic carbocycles. The summed E-state index contributed by atoms with van der Waals surface area (Å²) < 4.78 is 6.83. The van der Waals surface area contributed by atoms with E-state index in [1.807, 2.05) is 84.9 Å². The van der Waals surface area contributed by atoms with Crippen molar-refractivity contribution < 1.29 is 9.53 Å².